The van der Waals surface area contributed by atoms with E-state index in [1.165, 1.54) is 0 Å². The molecule has 0 radical (unpaired) electrons. The summed E-state index contributed by atoms with van der Waals surface area (Å²) in [6, 6.07) is -1.39. The van der Waals surface area contributed by atoms with E-state index >= 15 is 0 Å². The molecule has 0 unspecified atom stereocenters. The van der Waals surface area contributed by atoms with Gasteiger partial charge in [0.25, 0.3) is 0 Å². The summed E-state index contributed by atoms with van der Waals surface area (Å²) in [6.07, 6.45) is 1.86. The molecule has 0 aliphatic heterocycles. The van der Waals surface area contributed by atoms with Gasteiger partial charge in [0, 0.05) is 6.54 Å². The summed E-state index contributed by atoms with van der Waals surface area (Å²) >= 11 is 0. The number of nitrogens with one attached hydrogen (secondary N) is 2. The van der Waals surface area contributed by atoms with E-state index < -0.39 is 18.0 Å². The fraction of sp³-hybridized carbons (Fsp3) is 0.800. The molecule has 0 aromatic heterocycles. The van der Waals surface area contributed by atoms with Gasteiger partial charge >= 0.3 is 6.03 Å². The Hall–Kier alpha value is -1.26. The number of unbranched alkanes of at least 4 members (excludes halogenated alkanes) is 1. The van der Waals surface area contributed by atoms with Gasteiger partial charge < -0.3 is 20.5 Å². The minimum Gasteiger partial charge on any atom is -0.548 e. The third-order valence-corrected chi connectivity index (χ3v) is 2.02. The van der Waals surface area contributed by atoms with Crippen LogP contribution in [0.25, 0.3) is 0 Å². The highest BCUT2D eigenvalue weighted by Crippen LogP contribution is 1.99. The van der Waals surface area contributed by atoms with Crippen LogP contribution in [0, 0.1) is 5.92 Å². The molecule has 2 amide bonds. The number of carbonyl (C=O) groups is 2. The zero-order chi connectivity index (χ0) is 11.8. The van der Waals surface area contributed by atoms with E-state index in [-0.39, 0.29) is 5.92 Å². The van der Waals surface area contributed by atoms with E-state index in [1.807, 2.05) is 6.92 Å². The van der Waals surface area contributed by atoms with E-state index in [1.54, 1.807) is 13.8 Å². The number of amides is 2. The fourth-order valence-corrected chi connectivity index (χ4v) is 1.07. The average Bonchev–Trinajstić information content (AvgIpc) is 2.13. The Balaban J connectivity index is 3.95. The molecule has 88 valence electrons. The molecule has 0 spiro atoms. The monoisotopic (exact) mass is 215 g/mol. The number of rotatable bonds is 6. The van der Waals surface area contributed by atoms with Gasteiger partial charge in [-0.3, -0.25) is 0 Å². The highest BCUT2D eigenvalue weighted by Gasteiger charge is 2.16. The molecule has 0 saturated heterocycles. The quantitative estimate of drug-likeness (QED) is 0.605. The molecule has 0 bridgehead atoms. The van der Waals surface area contributed by atoms with Crippen LogP contribution in [-0.4, -0.2) is 24.6 Å². The predicted octanol–water partition coefficient (Wildman–Crippen LogP) is -0.140. The molecule has 1 atom stereocenters. The van der Waals surface area contributed by atoms with Crippen LogP contribution in [0.4, 0.5) is 4.79 Å². The van der Waals surface area contributed by atoms with Gasteiger partial charge in [0.05, 0.1) is 12.0 Å². The Labute approximate surface area is 90.2 Å². The number of aliphatic carboxylic acids is 1. The van der Waals surface area contributed by atoms with Crippen LogP contribution in [0.15, 0.2) is 0 Å². The molecule has 0 saturated carbocycles. The first kappa shape index (κ1) is 13.7. The van der Waals surface area contributed by atoms with E-state index in [9.17, 15) is 14.7 Å². The number of carboxylic acids is 1. The first-order chi connectivity index (χ1) is 6.99. The summed E-state index contributed by atoms with van der Waals surface area (Å²) in [5.41, 5.74) is 0. The Morgan fingerprint density at radius 1 is 1.33 bits per heavy atom. The van der Waals surface area contributed by atoms with Gasteiger partial charge in [-0.25, -0.2) is 4.79 Å². The Morgan fingerprint density at radius 2 is 1.93 bits per heavy atom. The summed E-state index contributed by atoms with van der Waals surface area (Å²) in [5.74, 6) is -1.44. The van der Waals surface area contributed by atoms with Crippen molar-refractivity contribution >= 4 is 12.0 Å². The van der Waals surface area contributed by atoms with E-state index in [0.717, 1.165) is 12.8 Å². The standard InChI is InChI=1S/C10H20N2O3/c1-4-5-6-11-10(15)12-8(7(2)3)9(13)14/h7-8H,4-6H2,1-3H3,(H,13,14)(H2,11,12,15)/p-1/t8-/m0/s1. The zero-order valence-corrected chi connectivity index (χ0v) is 9.50. The number of hydrogen-bond donors (Lipinski definition) is 2. The zero-order valence-electron chi connectivity index (χ0n) is 9.50. The molecule has 0 rings (SSSR count). The average molecular weight is 215 g/mol. The molecule has 0 aliphatic rings. The predicted molar refractivity (Wildman–Crippen MR) is 55.1 cm³/mol. The first-order valence-corrected chi connectivity index (χ1v) is 5.24. The van der Waals surface area contributed by atoms with Crippen molar-refractivity contribution in [2.24, 2.45) is 5.92 Å². The summed E-state index contributed by atoms with van der Waals surface area (Å²) in [7, 11) is 0. The molecule has 5 nitrogen and oxygen atoms in total. The van der Waals surface area contributed by atoms with Crippen LogP contribution < -0.4 is 15.7 Å². The second-order valence-electron chi connectivity index (χ2n) is 3.79. The molecule has 2 N–H and O–H groups in total. The third-order valence-electron chi connectivity index (χ3n) is 2.02. The smallest absolute Gasteiger partial charge is 0.315 e. The molecule has 0 heterocycles. The van der Waals surface area contributed by atoms with Crippen molar-refractivity contribution in [2.75, 3.05) is 6.54 Å². The largest absolute Gasteiger partial charge is 0.548 e. The van der Waals surface area contributed by atoms with Gasteiger partial charge in [0.15, 0.2) is 0 Å². The highest BCUT2D eigenvalue weighted by molar-refractivity contribution is 5.81. The SMILES string of the molecule is CCCCNC(=O)N[C@H](C(=O)[O-])C(C)C. The van der Waals surface area contributed by atoms with Crippen molar-refractivity contribution in [3.05, 3.63) is 0 Å². The Kier molecular flexibility index (Phi) is 6.49. The second-order valence-corrected chi connectivity index (χ2v) is 3.79. The topological polar surface area (TPSA) is 81.3 Å². The molecule has 0 fully saturated rings. The third kappa shape index (κ3) is 5.93. The van der Waals surface area contributed by atoms with Gasteiger partial charge in [0.2, 0.25) is 0 Å². The lowest BCUT2D eigenvalue weighted by molar-refractivity contribution is -0.309. The Morgan fingerprint density at radius 3 is 2.33 bits per heavy atom. The molecule has 0 aliphatic carbocycles. The van der Waals surface area contributed by atoms with Crippen molar-refractivity contribution in [1.82, 2.24) is 10.6 Å². The highest BCUT2D eigenvalue weighted by atomic mass is 16.4. The van der Waals surface area contributed by atoms with Crippen LogP contribution in [0.2, 0.25) is 0 Å². The van der Waals surface area contributed by atoms with E-state index in [0.29, 0.717) is 6.54 Å². The minimum absolute atomic E-state index is 0.188. The lowest BCUT2D eigenvalue weighted by Gasteiger charge is -2.23. The van der Waals surface area contributed by atoms with E-state index in [2.05, 4.69) is 10.6 Å². The van der Waals surface area contributed by atoms with Gasteiger partial charge in [0.1, 0.15) is 0 Å². The summed E-state index contributed by atoms with van der Waals surface area (Å²) in [6.45, 7) is 6.00. The van der Waals surface area contributed by atoms with Crippen molar-refractivity contribution in [1.29, 1.82) is 0 Å². The molecule has 0 aromatic carbocycles. The molecular weight excluding hydrogens is 196 g/mol. The normalized spacial score (nSPS) is 12.3. The Bertz CT molecular complexity index is 217. The number of carboxylic acid groups (broad SMARTS) is 1. The number of carbonyl (C=O) groups excluding carboxylic acids is 2. The lowest BCUT2D eigenvalue weighted by Crippen LogP contribution is -2.53. The van der Waals surface area contributed by atoms with Gasteiger partial charge in [-0.15, -0.1) is 0 Å². The molecular formula is C10H19N2O3-. The molecule has 15 heavy (non-hydrogen) atoms. The van der Waals surface area contributed by atoms with Crippen LogP contribution >= 0.6 is 0 Å². The van der Waals surface area contributed by atoms with Gasteiger partial charge in [-0.05, 0) is 12.3 Å². The maximum absolute atomic E-state index is 11.2. The van der Waals surface area contributed by atoms with Crippen molar-refractivity contribution in [3.63, 3.8) is 0 Å². The van der Waals surface area contributed by atoms with Crippen LogP contribution in [0.5, 0.6) is 0 Å². The van der Waals surface area contributed by atoms with Crippen LogP contribution in [-0.2, 0) is 4.79 Å². The van der Waals surface area contributed by atoms with Crippen LogP contribution in [0.1, 0.15) is 33.6 Å². The van der Waals surface area contributed by atoms with Gasteiger partial charge in [-0.1, -0.05) is 27.2 Å². The number of hydrogen-bond acceptors (Lipinski definition) is 3. The first-order valence-electron chi connectivity index (χ1n) is 5.24. The van der Waals surface area contributed by atoms with Crippen molar-refractivity contribution in [2.45, 2.75) is 39.7 Å². The maximum Gasteiger partial charge on any atom is 0.315 e. The number of urea groups is 1. The lowest BCUT2D eigenvalue weighted by atomic mass is 10.1. The summed E-state index contributed by atoms with van der Waals surface area (Å²) in [4.78, 5) is 21.9. The fourth-order valence-electron chi connectivity index (χ4n) is 1.07. The molecule has 5 heteroatoms. The van der Waals surface area contributed by atoms with Crippen molar-refractivity contribution in [3.8, 4) is 0 Å². The maximum atomic E-state index is 11.2. The van der Waals surface area contributed by atoms with Crippen molar-refractivity contribution < 1.29 is 14.7 Å². The summed E-state index contributed by atoms with van der Waals surface area (Å²) < 4.78 is 0. The van der Waals surface area contributed by atoms with Crippen LogP contribution in [0.3, 0.4) is 0 Å². The molecule has 0 aromatic rings. The minimum atomic E-state index is -1.25. The second kappa shape index (κ2) is 7.09. The summed E-state index contributed by atoms with van der Waals surface area (Å²) in [5, 5.41) is 15.6. The van der Waals surface area contributed by atoms with E-state index in [4.69, 9.17) is 0 Å². The van der Waals surface area contributed by atoms with Gasteiger partial charge in [-0.2, -0.15) is 0 Å².